The third-order valence-electron chi connectivity index (χ3n) is 2.11. The summed E-state index contributed by atoms with van der Waals surface area (Å²) in [5.74, 6) is 0. The maximum atomic E-state index is 11.7. The Morgan fingerprint density at radius 2 is 0.889 bits per heavy atom. The highest BCUT2D eigenvalue weighted by Crippen LogP contribution is 2.13. The van der Waals surface area contributed by atoms with E-state index in [1.807, 2.05) is 0 Å². The van der Waals surface area contributed by atoms with E-state index in [9.17, 15) is 26.3 Å². The molecule has 0 unspecified atom stereocenters. The number of rotatable bonds is 9. The van der Waals surface area contributed by atoms with Crippen LogP contribution in [-0.4, -0.2) is 38.5 Å². The molecule has 110 valence electrons. The topological polar surface area (TPSA) is 24.1 Å². The van der Waals surface area contributed by atoms with Gasteiger partial charge in [0.05, 0.1) is 13.1 Å². The monoisotopic (exact) mass is 280 g/mol. The van der Waals surface area contributed by atoms with Gasteiger partial charge in [-0.3, -0.25) is 0 Å². The Morgan fingerprint density at radius 1 is 0.556 bits per heavy atom. The van der Waals surface area contributed by atoms with Crippen LogP contribution in [0, 0.1) is 0 Å². The summed E-state index contributed by atoms with van der Waals surface area (Å²) in [6, 6.07) is 0. The van der Waals surface area contributed by atoms with Gasteiger partial charge in [-0.2, -0.15) is 26.3 Å². The molecule has 0 aliphatic heterocycles. The minimum Gasteiger partial charge on any atom is -0.309 e. The molecule has 18 heavy (non-hydrogen) atoms. The molecule has 0 radical (unpaired) electrons. The second-order valence-electron chi connectivity index (χ2n) is 4.00. The highest BCUT2D eigenvalue weighted by Gasteiger charge is 2.26. The normalized spacial score (nSPS) is 13.0. The molecule has 0 heterocycles. The van der Waals surface area contributed by atoms with Crippen molar-refractivity contribution in [2.75, 3.05) is 26.2 Å². The summed E-state index contributed by atoms with van der Waals surface area (Å²) in [5.41, 5.74) is 0. The van der Waals surface area contributed by atoms with Crippen molar-refractivity contribution < 1.29 is 26.3 Å². The van der Waals surface area contributed by atoms with Crippen LogP contribution in [0.25, 0.3) is 0 Å². The molecule has 0 aromatic rings. The van der Waals surface area contributed by atoms with E-state index in [0.717, 1.165) is 0 Å². The lowest BCUT2D eigenvalue weighted by Crippen LogP contribution is -2.29. The Bertz CT molecular complexity index is 180. The van der Waals surface area contributed by atoms with Crippen LogP contribution in [0.5, 0.6) is 0 Å². The number of halogens is 6. The second-order valence-corrected chi connectivity index (χ2v) is 4.00. The fourth-order valence-electron chi connectivity index (χ4n) is 1.31. The third kappa shape index (κ3) is 15.5. The Labute approximate surface area is 102 Å². The lowest BCUT2D eigenvalue weighted by atomic mass is 10.2. The summed E-state index contributed by atoms with van der Waals surface area (Å²) in [6.45, 7) is -1.45. The molecule has 0 saturated carbocycles. The van der Waals surface area contributed by atoms with Gasteiger partial charge in [0.15, 0.2) is 0 Å². The molecule has 0 bridgehead atoms. The molecule has 0 aliphatic carbocycles. The van der Waals surface area contributed by atoms with Gasteiger partial charge in [0.25, 0.3) is 0 Å². The average Bonchev–Trinajstić information content (AvgIpc) is 2.17. The number of unbranched alkanes of at least 4 members (excludes halogenated alkanes) is 3. The first kappa shape index (κ1) is 17.5. The second kappa shape index (κ2) is 8.58. The largest absolute Gasteiger partial charge is 0.401 e. The molecular weight excluding hydrogens is 262 g/mol. The fourth-order valence-corrected chi connectivity index (χ4v) is 1.31. The SMILES string of the molecule is FC(F)(F)CNCCCCCCNCC(F)(F)F. The number of nitrogens with one attached hydrogen (secondary N) is 2. The van der Waals surface area contributed by atoms with Crippen LogP contribution >= 0.6 is 0 Å². The Morgan fingerprint density at radius 3 is 1.17 bits per heavy atom. The van der Waals surface area contributed by atoms with E-state index >= 15 is 0 Å². The number of hydrogen-bond donors (Lipinski definition) is 2. The molecule has 2 nitrogen and oxygen atoms in total. The zero-order valence-electron chi connectivity index (χ0n) is 9.92. The Balaban J connectivity index is 3.13. The number of hydrogen-bond acceptors (Lipinski definition) is 2. The summed E-state index contributed by atoms with van der Waals surface area (Å²) < 4.78 is 70.2. The van der Waals surface area contributed by atoms with Crippen LogP contribution in [0.1, 0.15) is 25.7 Å². The van der Waals surface area contributed by atoms with Crippen molar-refractivity contribution in [3.63, 3.8) is 0 Å². The van der Waals surface area contributed by atoms with E-state index in [1.54, 1.807) is 0 Å². The lowest BCUT2D eigenvalue weighted by Gasteiger charge is -2.09. The minimum atomic E-state index is -4.19. The molecule has 0 aromatic heterocycles. The molecule has 0 amide bonds. The van der Waals surface area contributed by atoms with Gasteiger partial charge in [0.1, 0.15) is 0 Å². The molecule has 0 aliphatic rings. The molecule has 0 rings (SSSR count). The first-order valence-corrected chi connectivity index (χ1v) is 5.76. The molecule has 8 heteroatoms. The Hall–Kier alpha value is -0.500. The van der Waals surface area contributed by atoms with E-state index in [4.69, 9.17) is 0 Å². The molecular formula is C10H18F6N2. The van der Waals surface area contributed by atoms with Crippen LogP contribution in [0.2, 0.25) is 0 Å². The molecule has 0 saturated heterocycles. The summed E-state index contributed by atoms with van der Waals surface area (Å²) in [5, 5.41) is 4.52. The van der Waals surface area contributed by atoms with Gasteiger partial charge in [0, 0.05) is 0 Å². The maximum absolute atomic E-state index is 11.7. The standard InChI is InChI=1S/C10H18F6N2/c11-9(12,13)7-17-5-3-1-2-4-6-18-8-10(14,15)16/h17-18H,1-8H2. The summed E-state index contributed by atoms with van der Waals surface area (Å²) in [4.78, 5) is 0. The predicted octanol–water partition coefficient (Wildman–Crippen LogP) is 2.85. The van der Waals surface area contributed by atoms with Crippen LogP contribution in [0.15, 0.2) is 0 Å². The van der Waals surface area contributed by atoms with Crippen molar-refractivity contribution in [1.29, 1.82) is 0 Å². The zero-order valence-corrected chi connectivity index (χ0v) is 9.92. The van der Waals surface area contributed by atoms with Crippen molar-refractivity contribution in [2.45, 2.75) is 38.0 Å². The summed E-state index contributed by atoms with van der Waals surface area (Å²) in [6.07, 6.45) is -5.79. The van der Waals surface area contributed by atoms with Gasteiger partial charge in [-0.1, -0.05) is 12.8 Å². The van der Waals surface area contributed by atoms with E-state index < -0.39 is 25.4 Å². The van der Waals surface area contributed by atoms with Gasteiger partial charge in [0.2, 0.25) is 0 Å². The Kier molecular flexibility index (Phi) is 8.34. The summed E-state index contributed by atoms with van der Waals surface area (Å²) >= 11 is 0. The molecule has 0 atom stereocenters. The molecule has 0 spiro atoms. The number of alkyl halides is 6. The predicted molar refractivity (Wildman–Crippen MR) is 56.3 cm³/mol. The van der Waals surface area contributed by atoms with E-state index in [2.05, 4.69) is 10.6 Å². The molecule has 2 N–H and O–H groups in total. The van der Waals surface area contributed by atoms with Crippen molar-refractivity contribution in [1.82, 2.24) is 10.6 Å². The van der Waals surface area contributed by atoms with Crippen molar-refractivity contribution >= 4 is 0 Å². The minimum absolute atomic E-state index is 0.273. The first-order valence-electron chi connectivity index (χ1n) is 5.76. The van der Waals surface area contributed by atoms with Gasteiger partial charge in [-0.05, 0) is 25.9 Å². The van der Waals surface area contributed by atoms with Gasteiger partial charge >= 0.3 is 12.4 Å². The van der Waals surface area contributed by atoms with Crippen LogP contribution < -0.4 is 10.6 Å². The quantitative estimate of drug-likeness (QED) is 0.501. The summed E-state index contributed by atoms with van der Waals surface area (Å²) in [7, 11) is 0. The van der Waals surface area contributed by atoms with E-state index in [1.165, 1.54) is 0 Å². The van der Waals surface area contributed by atoms with Crippen molar-refractivity contribution in [3.05, 3.63) is 0 Å². The van der Waals surface area contributed by atoms with Gasteiger partial charge in [-0.15, -0.1) is 0 Å². The maximum Gasteiger partial charge on any atom is 0.401 e. The first-order chi connectivity index (χ1) is 8.21. The van der Waals surface area contributed by atoms with Crippen LogP contribution in [0.4, 0.5) is 26.3 Å². The van der Waals surface area contributed by atoms with Crippen molar-refractivity contribution in [3.8, 4) is 0 Å². The highest BCUT2D eigenvalue weighted by atomic mass is 19.4. The van der Waals surface area contributed by atoms with E-state index in [0.29, 0.717) is 25.7 Å². The smallest absolute Gasteiger partial charge is 0.309 e. The average molecular weight is 280 g/mol. The van der Waals surface area contributed by atoms with Crippen LogP contribution in [0.3, 0.4) is 0 Å². The fraction of sp³-hybridized carbons (Fsp3) is 1.00. The third-order valence-corrected chi connectivity index (χ3v) is 2.11. The highest BCUT2D eigenvalue weighted by molar-refractivity contribution is 4.58. The molecule has 0 fully saturated rings. The zero-order chi connectivity index (χ0) is 14.1. The van der Waals surface area contributed by atoms with Crippen molar-refractivity contribution in [2.24, 2.45) is 0 Å². The van der Waals surface area contributed by atoms with Gasteiger partial charge in [-0.25, -0.2) is 0 Å². The van der Waals surface area contributed by atoms with Gasteiger partial charge < -0.3 is 10.6 Å². The van der Waals surface area contributed by atoms with E-state index in [-0.39, 0.29) is 13.1 Å². The van der Waals surface area contributed by atoms with Crippen LogP contribution in [-0.2, 0) is 0 Å². The lowest BCUT2D eigenvalue weighted by molar-refractivity contribution is -0.125. The molecule has 0 aromatic carbocycles.